The second-order valence-electron chi connectivity index (χ2n) is 7.33. The third-order valence-electron chi connectivity index (χ3n) is 4.69. The minimum Gasteiger partial charge on any atom is -0.478 e. The molecule has 0 aliphatic heterocycles. The third-order valence-corrected chi connectivity index (χ3v) is 4.69. The van der Waals surface area contributed by atoms with Crippen LogP contribution in [0, 0.1) is 0 Å². The Labute approximate surface area is 172 Å². The number of carboxylic acids is 1. The van der Waals surface area contributed by atoms with Crippen molar-refractivity contribution in [1.29, 1.82) is 0 Å². The predicted octanol–water partition coefficient (Wildman–Crippen LogP) is 7.40. The first-order valence-corrected chi connectivity index (χ1v) is 11.3. The van der Waals surface area contributed by atoms with Crippen LogP contribution in [0.2, 0.25) is 0 Å². The van der Waals surface area contributed by atoms with Gasteiger partial charge in [0.25, 0.3) is 0 Å². The normalized spacial score (nSPS) is 10.6. The molecule has 0 heterocycles. The molecule has 0 aliphatic carbocycles. The van der Waals surface area contributed by atoms with Crippen molar-refractivity contribution in [2.24, 2.45) is 0 Å². The molecule has 0 aromatic heterocycles. The van der Waals surface area contributed by atoms with Gasteiger partial charge in [0.05, 0.1) is 5.56 Å². The number of unbranched alkanes of at least 4 members (excludes halogenated alkanes) is 12. The van der Waals surface area contributed by atoms with E-state index >= 15 is 0 Å². The molecule has 0 saturated heterocycles. The van der Waals surface area contributed by atoms with E-state index in [1.165, 1.54) is 83.5 Å². The smallest absolute Gasteiger partial charge is 0.335 e. The van der Waals surface area contributed by atoms with Crippen LogP contribution in [0.5, 0.6) is 0 Å². The second kappa shape index (κ2) is 21.7. The van der Waals surface area contributed by atoms with Gasteiger partial charge in [0.15, 0.2) is 0 Å². The number of carboxylic acid groups (broad SMARTS) is 1. The van der Waals surface area contributed by atoms with Crippen molar-refractivity contribution >= 4 is 5.97 Å². The van der Waals surface area contributed by atoms with Crippen molar-refractivity contribution in [3.8, 4) is 0 Å². The Balaban J connectivity index is 0.000000668. The van der Waals surface area contributed by atoms with Gasteiger partial charge in [-0.05, 0) is 44.2 Å². The number of benzene rings is 1. The van der Waals surface area contributed by atoms with Crippen molar-refractivity contribution in [2.75, 3.05) is 6.61 Å². The molecule has 160 valence electrons. The van der Waals surface area contributed by atoms with Gasteiger partial charge in [-0.15, -0.1) is 0 Å². The molecule has 0 radical (unpaired) electrons. The first-order chi connectivity index (χ1) is 13.7. The Morgan fingerprint density at radius 2 is 1.21 bits per heavy atom. The molecule has 1 rings (SSSR count). The summed E-state index contributed by atoms with van der Waals surface area (Å²) < 4.78 is 0. The van der Waals surface area contributed by atoms with Crippen LogP contribution >= 0.6 is 0 Å². The third kappa shape index (κ3) is 19.2. The Hall–Kier alpha value is -1.61. The lowest BCUT2D eigenvalue weighted by Gasteiger charge is -1.99. The van der Waals surface area contributed by atoms with Gasteiger partial charge in [-0.3, -0.25) is 0 Å². The van der Waals surface area contributed by atoms with Crippen LogP contribution in [-0.4, -0.2) is 22.8 Å². The molecule has 0 saturated carbocycles. The van der Waals surface area contributed by atoms with E-state index in [0.29, 0.717) is 12.2 Å². The molecule has 3 heteroatoms. The van der Waals surface area contributed by atoms with Crippen LogP contribution < -0.4 is 0 Å². The summed E-state index contributed by atoms with van der Waals surface area (Å²) in [5.41, 5.74) is 0.331. The van der Waals surface area contributed by atoms with Gasteiger partial charge in [-0.1, -0.05) is 95.1 Å². The molecule has 1 aromatic carbocycles. The molecule has 0 aliphatic rings. The summed E-state index contributed by atoms with van der Waals surface area (Å²) in [4.78, 5) is 10.2. The number of aliphatic hydroxyl groups excluding tert-OH is 1. The second-order valence-corrected chi connectivity index (χ2v) is 7.33. The molecule has 0 amide bonds. The first kappa shape index (κ1) is 26.4. The topological polar surface area (TPSA) is 57.5 Å². The lowest BCUT2D eigenvalue weighted by Crippen LogP contribution is -1.93. The van der Waals surface area contributed by atoms with E-state index in [1.54, 1.807) is 30.3 Å². The average Bonchev–Trinajstić information content (AvgIpc) is 2.72. The summed E-state index contributed by atoms with van der Waals surface area (Å²) in [6.07, 6.45) is 23.2. The molecular formula is C25H42O3. The highest BCUT2D eigenvalue weighted by atomic mass is 16.4. The lowest BCUT2D eigenvalue weighted by atomic mass is 10.1. The van der Waals surface area contributed by atoms with Crippen LogP contribution in [0.1, 0.15) is 107 Å². The molecule has 2 N–H and O–H groups in total. The Morgan fingerprint density at radius 3 is 1.64 bits per heavy atom. The molecule has 0 unspecified atom stereocenters. The highest BCUT2D eigenvalue weighted by Crippen LogP contribution is 2.09. The van der Waals surface area contributed by atoms with Crippen LogP contribution in [-0.2, 0) is 0 Å². The summed E-state index contributed by atoms with van der Waals surface area (Å²) in [7, 11) is 0. The molecule has 0 bridgehead atoms. The number of hydrogen-bond acceptors (Lipinski definition) is 2. The molecule has 28 heavy (non-hydrogen) atoms. The lowest BCUT2D eigenvalue weighted by molar-refractivity contribution is 0.0697. The van der Waals surface area contributed by atoms with Crippen molar-refractivity contribution in [2.45, 2.75) is 96.8 Å². The zero-order valence-corrected chi connectivity index (χ0v) is 18.0. The van der Waals surface area contributed by atoms with Crippen LogP contribution in [0.25, 0.3) is 0 Å². The van der Waals surface area contributed by atoms with E-state index in [2.05, 4.69) is 19.1 Å². The molecule has 0 fully saturated rings. The molecule has 0 atom stereocenters. The van der Waals surface area contributed by atoms with Gasteiger partial charge < -0.3 is 10.2 Å². The maximum atomic E-state index is 10.2. The number of rotatable bonds is 16. The summed E-state index contributed by atoms with van der Waals surface area (Å²) in [6, 6.07) is 8.30. The number of carbonyl (C=O) groups is 1. The van der Waals surface area contributed by atoms with Gasteiger partial charge in [-0.2, -0.15) is 0 Å². The average molecular weight is 391 g/mol. The van der Waals surface area contributed by atoms with Crippen LogP contribution in [0.3, 0.4) is 0 Å². The quantitative estimate of drug-likeness (QED) is 0.228. The van der Waals surface area contributed by atoms with Crippen LogP contribution in [0.4, 0.5) is 0 Å². The van der Waals surface area contributed by atoms with Gasteiger partial charge in [0.1, 0.15) is 0 Å². The zero-order chi connectivity index (χ0) is 20.7. The summed E-state index contributed by atoms with van der Waals surface area (Å²) in [5.74, 6) is -0.879. The fraction of sp³-hybridized carbons (Fsp3) is 0.640. The van der Waals surface area contributed by atoms with E-state index in [0.717, 1.165) is 6.42 Å². The zero-order valence-electron chi connectivity index (χ0n) is 18.0. The number of aromatic carboxylic acids is 1. The summed E-state index contributed by atoms with van der Waals surface area (Å²) in [5, 5.41) is 17.0. The van der Waals surface area contributed by atoms with E-state index < -0.39 is 5.97 Å². The largest absolute Gasteiger partial charge is 0.478 e. The molecule has 3 nitrogen and oxygen atoms in total. The SMILES string of the molecule is CCCCCCCC/C=C\CCCCCCCCO.O=C(O)c1ccccc1. The van der Waals surface area contributed by atoms with Gasteiger partial charge in [-0.25, -0.2) is 4.79 Å². The van der Waals surface area contributed by atoms with Crippen molar-refractivity contribution in [3.05, 3.63) is 48.0 Å². The number of hydrogen-bond donors (Lipinski definition) is 2. The fourth-order valence-electron chi connectivity index (χ4n) is 2.94. The van der Waals surface area contributed by atoms with Crippen molar-refractivity contribution in [1.82, 2.24) is 0 Å². The number of aliphatic hydroxyl groups is 1. The minimum atomic E-state index is -0.879. The van der Waals surface area contributed by atoms with Gasteiger partial charge in [0.2, 0.25) is 0 Å². The van der Waals surface area contributed by atoms with Crippen molar-refractivity contribution in [3.63, 3.8) is 0 Å². The Morgan fingerprint density at radius 1 is 0.750 bits per heavy atom. The fourth-order valence-corrected chi connectivity index (χ4v) is 2.94. The minimum absolute atomic E-state index is 0.331. The summed E-state index contributed by atoms with van der Waals surface area (Å²) in [6.45, 7) is 2.64. The Bertz CT molecular complexity index is 468. The Kier molecular flexibility index (Phi) is 20.4. The van der Waals surface area contributed by atoms with E-state index in [1.807, 2.05) is 0 Å². The van der Waals surface area contributed by atoms with Crippen molar-refractivity contribution < 1.29 is 15.0 Å². The highest BCUT2D eigenvalue weighted by molar-refractivity contribution is 5.87. The monoisotopic (exact) mass is 390 g/mol. The molecule has 1 aromatic rings. The van der Waals surface area contributed by atoms with Gasteiger partial charge >= 0.3 is 5.97 Å². The molecular weight excluding hydrogens is 348 g/mol. The van der Waals surface area contributed by atoms with Gasteiger partial charge in [0, 0.05) is 6.61 Å². The highest BCUT2D eigenvalue weighted by Gasteiger charge is 1.96. The van der Waals surface area contributed by atoms with Crippen LogP contribution in [0.15, 0.2) is 42.5 Å². The maximum absolute atomic E-state index is 10.2. The van der Waals surface area contributed by atoms with E-state index in [-0.39, 0.29) is 0 Å². The standard InChI is InChI=1S/C18H36O.C7H6O2/c1-2-3-4-5-6-7-8-9-10-11-12-13-14-15-16-17-18-19;8-7(9)6-4-2-1-3-5-6/h9-10,19H,2-8,11-18H2,1H3;1-5H,(H,8,9)/b10-9-;. The maximum Gasteiger partial charge on any atom is 0.335 e. The van der Waals surface area contributed by atoms with E-state index in [4.69, 9.17) is 10.2 Å². The summed E-state index contributed by atoms with van der Waals surface area (Å²) >= 11 is 0. The van der Waals surface area contributed by atoms with E-state index in [9.17, 15) is 4.79 Å². The first-order valence-electron chi connectivity index (χ1n) is 11.3. The number of allylic oxidation sites excluding steroid dienone is 2. The predicted molar refractivity (Wildman–Crippen MR) is 120 cm³/mol. The molecule has 0 spiro atoms.